The van der Waals surface area contributed by atoms with Crippen LogP contribution in [-0.2, 0) is 16.0 Å². The van der Waals surface area contributed by atoms with Crippen LogP contribution in [0.3, 0.4) is 0 Å². The summed E-state index contributed by atoms with van der Waals surface area (Å²) < 4.78 is 10.7. The van der Waals surface area contributed by atoms with Crippen LogP contribution < -0.4 is 11.3 Å². The van der Waals surface area contributed by atoms with Crippen LogP contribution in [0.25, 0.3) is 6.08 Å². The molecule has 0 radical (unpaired) electrons. The Balaban J connectivity index is 0.000000168. The van der Waals surface area contributed by atoms with Crippen LogP contribution in [0.15, 0.2) is 30.3 Å². The molecule has 0 saturated carbocycles. The van der Waals surface area contributed by atoms with Crippen LogP contribution in [-0.4, -0.2) is 11.8 Å². The lowest BCUT2D eigenvalue weighted by Gasteiger charge is -1.93. The Bertz CT molecular complexity index is 430. The highest BCUT2D eigenvalue weighted by atomic mass is 19.2. The molecule has 4 nitrogen and oxygen atoms in total. The number of benzene rings is 1. The van der Waals surface area contributed by atoms with Crippen molar-refractivity contribution in [2.75, 3.05) is 0 Å². The minimum Gasteiger partial charge on any atom is -0.361 e. The van der Waals surface area contributed by atoms with E-state index in [9.17, 15) is 14.1 Å². The Kier molecular flexibility index (Phi) is 4.20. The van der Waals surface area contributed by atoms with Gasteiger partial charge in [-0.2, -0.15) is 5.54 Å². The van der Waals surface area contributed by atoms with Gasteiger partial charge in [0.25, 0.3) is 0 Å². The minimum atomic E-state index is -1.43. The molecule has 1 aliphatic rings. The number of hydrogen-bond acceptors (Lipinski definition) is 2. The van der Waals surface area contributed by atoms with E-state index in [0.29, 0.717) is 5.54 Å². The third-order valence-electron chi connectivity index (χ3n) is 2.00. The molecule has 2 rings (SSSR count). The topological polar surface area (TPSA) is 72.2 Å². The monoisotopic (exact) mass is 222 g/mol. The fourth-order valence-electron chi connectivity index (χ4n) is 1.24. The number of amides is 2. The summed E-state index contributed by atoms with van der Waals surface area (Å²) in [6, 6.07) is 8.49. The Hall–Kier alpha value is -2.17. The standard InChI is InChI=1S/C9H8.C2H3FN2O2/c1-2-5-9-7-3-6-8(9)4-1;3-5-2(7)1(4)6/h1-6H,7H2;(H2,4,6)(H,5,7). The molecular weight excluding hydrogens is 211 g/mol. The SMILES string of the molecule is C1=Cc2ccccc2C1.NC(=O)C(=O)NF. The average molecular weight is 222 g/mol. The average Bonchev–Trinajstić information content (AvgIpc) is 2.76. The molecule has 5 heteroatoms. The van der Waals surface area contributed by atoms with Gasteiger partial charge in [0.2, 0.25) is 0 Å². The summed E-state index contributed by atoms with van der Waals surface area (Å²) in [5, 5.41) is 0. The first-order valence-electron chi connectivity index (χ1n) is 4.60. The predicted octanol–water partition coefficient (Wildman–Crippen LogP) is 0.728. The van der Waals surface area contributed by atoms with Crippen molar-refractivity contribution in [3.05, 3.63) is 41.5 Å². The number of nitrogens with two attached hydrogens (primary N) is 1. The van der Waals surface area contributed by atoms with Gasteiger partial charge in [-0.05, 0) is 17.5 Å². The first-order valence-corrected chi connectivity index (χ1v) is 4.60. The van der Waals surface area contributed by atoms with E-state index < -0.39 is 11.8 Å². The summed E-state index contributed by atoms with van der Waals surface area (Å²) in [5.74, 6) is -2.76. The van der Waals surface area contributed by atoms with E-state index >= 15 is 0 Å². The molecule has 1 aromatic carbocycles. The lowest BCUT2D eigenvalue weighted by atomic mass is 10.1. The van der Waals surface area contributed by atoms with Gasteiger partial charge in [-0.3, -0.25) is 9.59 Å². The van der Waals surface area contributed by atoms with Gasteiger partial charge in [0.1, 0.15) is 0 Å². The van der Waals surface area contributed by atoms with Crippen LogP contribution in [0, 0.1) is 0 Å². The number of rotatable bonds is 0. The zero-order valence-corrected chi connectivity index (χ0v) is 8.44. The summed E-state index contributed by atoms with van der Waals surface area (Å²) in [6.45, 7) is 0. The third kappa shape index (κ3) is 3.20. The van der Waals surface area contributed by atoms with E-state index in [2.05, 4.69) is 42.2 Å². The summed E-state index contributed by atoms with van der Waals surface area (Å²) in [6.07, 6.45) is 5.50. The Labute approximate surface area is 91.9 Å². The maximum atomic E-state index is 10.7. The third-order valence-corrected chi connectivity index (χ3v) is 2.00. The second kappa shape index (κ2) is 5.65. The van der Waals surface area contributed by atoms with Crippen molar-refractivity contribution in [3.8, 4) is 0 Å². The van der Waals surface area contributed by atoms with Gasteiger partial charge in [0, 0.05) is 0 Å². The van der Waals surface area contributed by atoms with E-state index in [1.165, 1.54) is 11.1 Å². The number of carbonyl (C=O) groups excluding carboxylic acids is 2. The van der Waals surface area contributed by atoms with Gasteiger partial charge < -0.3 is 5.73 Å². The van der Waals surface area contributed by atoms with Crippen molar-refractivity contribution < 1.29 is 14.1 Å². The second-order valence-electron chi connectivity index (χ2n) is 3.09. The molecule has 0 unspecified atom stereocenters. The van der Waals surface area contributed by atoms with Crippen LogP contribution in [0.4, 0.5) is 4.48 Å². The summed E-state index contributed by atoms with van der Waals surface area (Å²) in [5.41, 5.74) is 7.65. The number of halogens is 1. The molecule has 0 aromatic heterocycles. The number of allylic oxidation sites excluding steroid dienone is 1. The van der Waals surface area contributed by atoms with Gasteiger partial charge in [-0.15, -0.1) is 0 Å². The summed E-state index contributed by atoms with van der Waals surface area (Å²) in [7, 11) is 0. The van der Waals surface area contributed by atoms with Crippen LogP contribution in [0.5, 0.6) is 0 Å². The van der Waals surface area contributed by atoms with E-state index in [1.807, 2.05) is 0 Å². The molecular formula is C11H11FN2O2. The largest absolute Gasteiger partial charge is 0.361 e. The van der Waals surface area contributed by atoms with Crippen LogP contribution >= 0.6 is 0 Å². The first-order chi connectivity index (χ1) is 7.65. The molecule has 3 N–H and O–H groups in total. The smallest absolute Gasteiger partial charge is 0.336 e. The summed E-state index contributed by atoms with van der Waals surface area (Å²) >= 11 is 0. The minimum absolute atomic E-state index is 0.551. The maximum Gasteiger partial charge on any atom is 0.336 e. The van der Waals surface area contributed by atoms with Crippen molar-refractivity contribution in [1.82, 2.24) is 5.54 Å². The highest BCUT2D eigenvalue weighted by Gasteiger charge is 2.04. The van der Waals surface area contributed by atoms with Crippen LogP contribution in [0.1, 0.15) is 11.1 Å². The van der Waals surface area contributed by atoms with E-state index in [1.54, 1.807) is 0 Å². The second-order valence-corrected chi connectivity index (χ2v) is 3.09. The molecule has 0 heterocycles. The molecule has 0 spiro atoms. The molecule has 1 aliphatic carbocycles. The van der Waals surface area contributed by atoms with Crippen LogP contribution in [0.2, 0.25) is 0 Å². The summed E-state index contributed by atoms with van der Waals surface area (Å²) in [4.78, 5) is 19.1. The number of fused-ring (bicyclic) bond motifs is 1. The number of hydrogen-bond donors (Lipinski definition) is 2. The molecule has 84 valence electrons. The fraction of sp³-hybridized carbons (Fsp3) is 0.0909. The molecule has 0 atom stereocenters. The van der Waals surface area contributed by atoms with E-state index in [4.69, 9.17) is 0 Å². The van der Waals surface area contributed by atoms with Gasteiger partial charge >= 0.3 is 11.8 Å². The molecule has 16 heavy (non-hydrogen) atoms. The van der Waals surface area contributed by atoms with Gasteiger partial charge in [0.05, 0.1) is 0 Å². The molecule has 0 aliphatic heterocycles. The number of nitrogens with one attached hydrogen (secondary N) is 1. The van der Waals surface area contributed by atoms with E-state index in [0.717, 1.165) is 6.42 Å². The van der Waals surface area contributed by atoms with Crippen molar-refractivity contribution >= 4 is 17.9 Å². The zero-order chi connectivity index (χ0) is 12.0. The molecule has 0 saturated heterocycles. The van der Waals surface area contributed by atoms with Gasteiger partial charge in [0.15, 0.2) is 0 Å². The Morgan fingerprint density at radius 2 is 2.00 bits per heavy atom. The van der Waals surface area contributed by atoms with Crippen molar-refractivity contribution in [2.24, 2.45) is 5.73 Å². The fourth-order valence-corrected chi connectivity index (χ4v) is 1.24. The van der Waals surface area contributed by atoms with Gasteiger partial charge in [-0.25, -0.2) is 0 Å². The van der Waals surface area contributed by atoms with Crippen molar-refractivity contribution in [1.29, 1.82) is 0 Å². The van der Waals surface area contributed by atoms with Gasteiger partial charge in [-0.1, -0.05) is 40.9 Å². The molecule has 2 amide bonds. The number of carbonyl (C=O) groups is 2. The predicted molar refractivity (Wildman–Crippen MR) is 57.6 cm³/mol. The van der Waals surface area contributed by atoms with Crippen molar-refractivity contribution in [3.63, 3.8) is 0 Å². The Morgan fingerprint density at radius 3 is 2.50 bits per heavy atom. The maximum absolute atomic E-state index is 10.7. The molecule has 0 fully saturated rings. The molecule has 0 bridgehead atoms. The normalized spacial score (nSPS) is 11.1. The molecule has 1 aromatic rings. The first kappa shape index (κ1) is 11.9. The lowest BCUT2D eigenvalue weighted by Crippen LogP contribution is -2.30. The highest BCUT2D eigenvalue weighted by Crippen LogP contribution is 2.17. The number of primary amides is 1. The lowest BCUT2D eigenvalue weighted by molar-refractivity contribution is -0.139. The quantitative estimate of drug-likeness (QED) is 0.501. The highest BCUT2D eigenvalue weighted by molar-refractivity contribution is 6.34. The Morgan fingerprint density at radius 1 is 1.31 bits per heavy atom. The van der Waals surface area contributed by atoms with E-state index in [-0.39, 0.29) is 0 Å². The zero-order valence-electron chi connectivity index (χ0n) is 8.44. The van der Waals surface area contributed by atoms with Crippen molar-refractivity contribution in [2.45, 2.75) is 6.42 Å².